The molecule has 1 N–H and O–H groups in total. The predicted molar refractivity (Wildman–Crippen MR) is 99.2 cm³/mol. The number of nitrogens with zero attached hydrogens (tertiary/aromatic N) is 6. The van der Waals surface area contributed by atoms with Gasteiger partial charge >= 0.3 is 0 Å². The van der Waals surface area contributed by atoms with E-state index in [-0.39, 0.29) is 5.82 Å². The first kappa shape index (κ1) is 17.6. The van der Waals surface area contributed by atoms with Gasteiger partial charge in [-0.25, -0.2) is 4.39 Å². The molecule has 1 aliphatic rings. The summed E-state index contributed by atoms with van der Waals surface area (Å²) in [7, 11) is 0. The topological polar surface area (TPSA) is 70.3 Å². The van der Waals surface area contributed by atoms with Gasteiger partial charge in [0.05, 0.1) is 11.8 Å². The SMILES string of the molecule is O[C@@H](CN1CCN(c2nnnn2-c2ccccc2)CC1)c1cccc(F)c1. The number of halogens is 1. The van der Waals surface area contributed by atoms with Gasteiger partial charge in [0.25, 0.3) is 0 Å². The fourth-order valence-corrected chi connectivity index (χ4v) is 3.31. The fourth-order valence-electron chi connectivity index (χ4n) is 3.31. The lowest BCUT2D eigenvalue weighted by Crippen LogP contribution is -2.48. The van der Waals surface area contributed by atoms with Crippen LogP contribution in [0, 0.1) is 5.82 Å². The molecule has 3 aromatic rings. The number of rotatable bonds is 5. The fraction of sp³-hybridized carbons (Fsp3) is 0.316. The summed E-state index contributed by atoms with van der Waals surface area (Å²) >= 11 is 0. The standard InChI is InChI=1S/C19H21FN6O/c20-16-6-4-5-15(13-16)18(27)14-24-9-11-25(12-10-24)19-21-22-23-26(19)17-7-2-1-3-8-17/h1-8,13,18,27H,9-12,14H2/t18-/m0/s1. The number of aliphatic hydroxyl groups is 1. The van der Waals surface area contributed by atoms with E-state index in [2.05, 4.69) is 25.3 Å². The van der Waals surface area contributed by atoms with Crippen LogP contribution in [-0.4, -0.2) is 62.9 Å². The Morgan fingerprint density at radius 2 is 1.78 bits per heavy atom. The number of tetrazole rings is 1. The molecule has 1 atom stereocenters. The maximum absolute atomic E-state index is 13.3. The highest BCUT2D eigenvalue weighted by atomic mass is 19.1. The van der Waals surface area contributed by atoms with Crippen LogP contribution in [0.15, 0.2) is 54.6 Å². The van der Waals surface area contributed by atoms with Gasteiger partial charge in [0, 0.05) is 32.7 Å². The second kappa shape index (κ2) is 7.81. The van der Waals surface area contributed by atoms with Crippen molar-refractivity contribution in [3.05, 3.63) is 66.0 Å². The number of hydrogen-bond acceptors (Lipinski definition) is 6. The summed E-state index contributed by atoms with van der Waals surface area (Å²) in [5.41, 5.74) is 1.52. The van der Waals surface area contributed by atoms with E-state index in [1.54, 1.807) is 16.8 Å². The predicted octanol–water partition coefficient (Wildman–Crippen LogP) is 1.66. The van der Waals surface area contributed by atoms with E-state index in [0.717, 1.165) is 31.9 Å². The second-order valence-corrected chi connectivity index (χ2v) is 6.58. The molecule has 7 nitrogen and oxygen atoms in total. The smallest absolute Gasteiger partial charge is 0.250 e. The molecule has 2 aromatic carbocycles. The number of aromatic nitrogens is 4. The highest BCUT2D eigenvalue weighted by molar-refractivity contribution is 5.40. The lowest BCUT2D eigenvalue weighted by atomic mass is 10.1. The molecule has 2 heterocycles. The molecule has 4 rings (SSSR count). The minimum Gasteiger partial charge on any atom is -0.387 e. The van der Waals surface area contributed by atoms with Crippen LogP contribution in [0.1, 0.15) is 11.7 Å². The Bertz CT molecular complexity index is 879. The van der Waals surface area contributed by atoms with E-state index in [0.29, 0.717) is 18.1 Å². The van der Waals surface area contributed by atoms with Crippen molar-refractivity contribution in [1.82, 2.24) is 25.1 Å². The van der Waals surface area contributed by atoms with Gasteiger partial charge in [0.1, 0.15) is 5.82 Å². The van der Waals surface area contributed by atoms with Gasteiger partial charge < -0.3 is 10.0 Å². The van der Waals surface area contributed by atoms with Crippen molar-refractivity contribution in [1.29, 1.82) is 0 Å². The molecule has 0 aliphatic carbocycles. The molecule has 0 bridgehead atoms. The Kier molecular flexibility index (Phi) is 5.08. The molecule has 1 saturated heterocycles. The van der Waals surface area contributed by atoms with Crippen molar-refractivity contribution in [3.63, 3.8) is 0 Å². The summed E-state index contributed by atoms with van der Waals surface area (Å²) in [6, 6.07) is 15.9. The maximum atomic E-state index is 13.3. The number of hydrogen-bond donors (Lipinski definition) is 1. The Balaban J connectivity index is 1.38. The largest absolute Gasteiger partial charge is 0.387 e. The van der Waals surface area contributed by atoms with Crippen LogP contribution in [-0.2, 0) is 0 Å². The summed E-state index contributed by atoms with van der Waals surface area (Å²) < 4.78 is 15.1. The minimum atomic E-state index is -0.707. The van der Waals surface area contributed by atoms with Crippen LogP contribution in [0.5, 0.6) is 0 Å². The Morgan fingerprint density at radius 1 is 1.00 bits per heavy atom. The van der Waals surface area contributed by atoms with E-state index in [1.165, 1.54) is 12.1 Å². The average Bonchev–Trinajstić information content (AvgIpc) is 3.19. The summed E-state index contributed by atoms with van der Waals surface area (Å²) in [5.74, 6) is 0.385. The van der Waals surface area contributed by atoms with E-state index in [4.69, 9.17) is 0 Å². The monoisotopic (exact) mass is 368 g/mol. The normalized spacial score (nSPS) is 16.4. The molecule has 1 aromatic heterocycles. The van der Waals surface area contributed by atoms with Crippen LogP contribution < -0.4 is 4.90 Å². The van der Waals surface area contributed by atoms with Gasteiger partial charge in [-0.05, 0) is 40.3 Å². The number of piperazine rings is 1. The van der Waals surface area contributed by atoms with Gasteiger partial charge in [-0.15, -0.1) is 0 Å². The quantitative estimate of drug-likeness (QED) is 0.739. The molecule has 140 valence electrons. The van der Waals surface area contributed by atoms with Gasteiger partial charge in [0.2, 0.25) is 5.95 Å². The van der Waals surface area contributed by atoms with Crippen LogP contribution in [0.3, 0.4) is 0 Å². The van der Waals surface area contributed by atoms with Gasteiger partial charge in [0.15, 0.2) is 0 Å². The van der Waals surface area contributed by atoms with Crippen molar-refractivity contribution in [2.75, 3.05) is 37.6 Å². The third kappa shape index (κ3) is 3.96. The number of para-hydroxylation sites is 1. The highest BCUT2D eigenvalue weighted by Gasteiger charge is 2.24. The van der Waals surface area contributed by atoms with E-state index < -0.39 is 6.10 Å². The Morgan fingerprint density at radius 3 is 2.52 bits per heavy atom. The average molecular weight is 368 g/mol. The van der Waals surface area contributed by atoms with Gasteiger partial charge in [-0.1, -0.05) is 35.4 Å². The zero-order valence-electron chi connectivity index (χ0n) is 14.8. The highest BCUT2D eigenvalue weighted by Crippen LogP contribution is 2.19. The van der Waals surface area contributed by atoms with Crippen molar-refractivity contribution in [2.24, 2.45) is 0 Å². The van der Waals surface area contributed by atoms with Gasteiger partial charge in [-0.3, -0.25) is 4.90 Å². The molecule has 8 heteroatoms. The summed E-state index contributed by atoms with van der Waals surface area (Å²) in [4.78, 5) is 4.31. The Labute approximate surface area is 156 Å². The van der Waals surface area contributed by atoms with Crippen LogP contribution >= 0.6 is 0 Å². The molecule has 0 spiro atoms. The number of benzene rings is 2. The molecular weight excluding hydrogens is 347 g/mol. The number of β-amino-alcohol motifs (C(OH)–C–C–N with tert-alkyl or cyclic N) is 1. The van der Waals surface area contributed by atoms with Crippen LogP contribution in [0.25, 0.3) is 5.69 Å². The Hall–Kier alpha value is -2.84. The van der Waals surface area contributed by atoms with Crippen molar-refractivity contribution >= 4 is 5.95 Å². The molecule has 1 aliphatic heterocycles. The van der Waals surface area contributed by atoms with Gasteiger partial charge in [-0.2, -0.15) is 4.68 Å². The summed E-state index contributed by atoms with van der Waals surface area (Å²) in [5, 5.41) is 22.5. The van der Waals surface area contributed by atoms with Crippen molar-refractivity contribution < 1.29 is 9.50 Å². The maximum Gasteiger partial charge on any atom is 0.250 e. The molecule has 0 amide bonds. The molecule has 1 fully saturated rings. The third-order valence-corrected chi connectivity index (χ3v) is 4.77. The lowest BCUT2D eigenvalue weighted by molar-refractivity contribution is 0.109. The first-order valence-electron chi connectivity index (χ1n) is 8.95. The number of anilines is 1. The minimum absolute atomic E-state index is 0.330. The molecular formula is C19H21FN6O. The van der Waals surface area contributed by atoms with Crippen molar-refractivity contribution in [3.8, 4) is 5.69 Å². The molecule has 0 saturated carbocycles. The van der Waals surface area contributed by atoms with Crippen LogP contribution in [0.4, 0.5) is 10.3 Å². The third-order valence-electron chi connectivity index (χ3n) is 4.77. The first-order chi connectivity index (χ1) is 13.2. The second-order valence-electron chi connectivity index (χ2n) is 6.58. The molecule has 0 unspecified atom stereocenters. The summed E-state index contributed by atoms with van der Waals surface area (Å²) in [6.07, 6.45) is -0.707. The molecule has 0 radical (unpaired) electrons. The van der Waals surface area contributed by atoms with E-state index in [1.807, 2.05) is 30.3 Å². The van der Waals surface area contributed by atoms with E-state index >= 15 is 0 Å². The summed E-state index contributed by atoms with van der Waals surface area (Å²) in [6.45, 7) is 3.52. The van der Waals surface area contributed by atoms with E-state index in [9.17, 15) is 9.50 Å². The number of aliphatic hydroxyl groups excluding tert-OH is 1. The molecule has 27 heavy (non-hydrogen) atoms. The van der Waals surface area contributed by atoms with Crippen LogP contribution in [0.2, 0.25) is 0 Å². The lowest BCUT2D eigenvalue weighted by Gasteiger charge is -2.35. The zero-order chi connectivity index (χ0) is 18.6. The zero-order valence-corrected chi connectivity index (χ0v) is 14.8. The van der Waals surface area contributed by atoms with Crippen molar-refractivity contribution in [2.45, 2.75) is 6.10 Å². The first-order valence-corrected chi connectivity index (χ1v) is 8.95.